The molecule has 2 aliphatic carbocycles. The fourth-order valence-corrected chi connectivity index (χ4v) is 5.92. The molecule has 1 N–H and O–H groups in total. The van der Waals surface area contributed by atoms with Crippen LogP contribution in [0.5, 0.6) is 0 Å². The van der Waals surface area contributed by atoms with Crippen LogP contribution in [0, 0.1) is 23.7 Å². The molecule has 1 saturated heterocycles. The van der Waals surface area contributed by atoms with E-state index in [-0.39, 0.29) is 23.9 Å². The number of allylic oxidation sites excluding steroid dienone is 12. The molecule has 3 rings (SSSR count). The SMILES string of the molecule is C/C=C(/C)C\C(=C/C=C/C=C/[C@H]1C(CC)[C@@H](C)C[C@@]2(O)C(=O)O[C@H](C)[C@@H]12)C1=CC=CCC1. The predicted octanol–water partition coefficient (Wildman–Crippen LogP) is 6.63. The van der Waals surface area contributed by atoms with E-state index >= 15 is 0 Å². The van der Waals surface area contributed by atoms with Gasteiger partial charge >= 0.3 is 5.97 Å². The van der Waals surface area contributed by atoms with E-state index in [1.54, 1.807) is 0 Å². The van der Waals surface area contributed by atoms with Crippen LogP contribution in [0.25, 0.3) is 0 Å². The van der Waals surface area contributed by atoms with Crippen molar-refractivity contribution >= 4 is 5.97 Å². The largest absolute Gasteiger partial charge is 0.460 e. The molecule has 32 heavy (non-hydrogen) atoms. The summed E-state index contributed by atoms with van der Waals surface area (Å²) in [5, 5.41) is 11.2. The van der Waals surface area contributed by atoms with Gasteiger partial charge in [0.15, 0.2) is 5.60 Å². The van der Waals surface area contributed by atoms with Crippen LogP contribution < -0.4 is 0 Å². The van der Waals surface area contributed by atoms with E-state index in [1.807, 2.05) is 6.92 Å². The minimum absolute atomic E-state index is 0.125. The Bertz CT molecular complexity index is 869. The summed E-state index contributed by atoms with van der Waals surface area (Å²) in [4.78, 5) is 12.4. The number of carbonyl (C=O) groups is 1. The van der Waals surface area contributed by atoms with Crippen LogP contribution in [0.4, 0.5) is 0 Å². The lowest BCUT2D eigenvalue weighted by Gasteiger charge is -2.45. The first-order valence-electron chi connectivity index (χ1n) is 12.3. The van der Waals surface area contributed by atoms with Gasteiger partial charge in [-0.05, 0) is 75.4 Å². The summed E-state index contributed by atoms with van der Waals surface area (Å²) in [5.74, 6) is 0.221. The molecular formula is C29H40O3. The lowest BCUT2D eigenvalue weighted by atomic mass is 9.59. The molecule has 0 aromatic heterocycles. The number of hydrogen-bond acceptors (Lipinski definition) is 3. The normalized spacial score (nSPS) is 36.0. The van der Waals surface area contributed by atoms with Gasteiger partial charge in [-0.3, -0.25) is 0 Å². The van der Waals surface area contributed by atoms with Crippen LogP contribution in [0.2, 0.25) is 0 Å². The molecule has 1 heterocycles. The van der Waals surface area contributed by atoms with Gasteiger partial charge in [0.05, 0.1) is 0 Å². The third kappa shape index (κ3) is 5.09. The number of aliphatic hydroxyl groups is 1. The molecule has 3 aliphatic rings. The molecular weight excluding hydrogens is 396 g/mol. The molecule has 3 nitrogen and oxygen atoms in total. The molecule has 6 atom stereocenters. The molecule has 174 valence electrons. The van der Waals surface area contributed by atoms with Crippen molar-refractivity contribution in [3.8, 4) is 0 Å². The molecule has 0 amide bonds. The first kappa shape index (κ1) is 24.5. The quantitative estimate of drug-likeness (QED) is 0.277. The third-order valence-corrected chi connectivity index (χ3v) is 7.69. The van der Waals surface area contributed by atoms with Gasteiger partial charge in [0, 0.05) is 5.92 Å². The van der Waals surface area contributed by atoms with Crippen molar-refractivity contribution in [2.45, 2.75) is 78.4 Å². The van der Waals surface area contributed by atoms with Crippen molar-refractivity contribution in [2.75, 3.05) is 0 Å². The lowest BCUT2D eigenvalue weighted by molar-refractivity contribution is -0.160. The van der Waals surface area contributed by atoms with Gasteiger partial charge < -0.3 is 9.84 Å². The molecule has 2 fully saturated rings. The van der Waals surface area contributed by atoms with Crippen molar-refractivity contribution in [3.05, 3.63) is 71.4 Å². The number of rotatable bonds is 7. The summed E-state index contributed by atoms with van der Waals surface area (Å²) in [6, 6.07) is 0. The number of ether oxygens (including phenoxy) is 1. The number of fused-ring (bicyclic) bond motifs is 1. The summed E-state index contributed by atoms with van der Waals surface area (Å²) in [7, 11) is 0. The van der Waals surface area contributed by atoms with Crippen LogP contribution in [0.3, 0.4) is 0 Å². The highest BCUT2D eigenvalue weighted by Crippen LogP contribution is 2.52. The molecule has 0 spiro atoms. The minimum atomic E-state index is -1.35. The predicted molar refractivity (Wildman–Crippen MR) is 132 cm³/mol. The Morgan fingerprint density at radius 2 is 2.06 bits per heavy atom. The van der Waals surface area contributed by atoms with E-state index < -0.39 is 11.6 Å². The fraction of sp³-hybridized carbons (Fsp3) is 0.552. The van der Waals surface area contributed by atoms with Gasteiger partial charge in [-0.25, -0.2) is 4.79 Å². The number of hydrogen-bond donors (Lipinski definition) is 1. The summed E-state index contributed by atoms with van der Waals surface area (Å²) in [6.07, 6.45) is 23.9. The van der Waals surface area contributed by atoms with Crippen LogP contribution in [0.15, 0.2) is 71.4 Å². The van der Waals surface area contributed by atoms with Crippen LogP contribution in [-0.2, 0) is 9.53 Å². The molecule has 1 aliphatic heterocycles. The highest BCUT2D eigenvalue weighted by atomic mass is 16.6. The van der Waals surface area contributed by atoms with E-state index in [9.17, 15) is 9.90 Å². The zero-order valence-electron chi connectivity index (χ0n) is 20.4. The molecule has 1 saturated carbocycles. The molecule has 0 aromatic carbocycles. The second kappa shape index (κ2) is 10.7. The van der Waals surface area contributed by atoms with Crippen molar-refractivity contribution in [1.29, 1.82) is 0 Å². The topological polar surface area (TPSA) is 46.5 Å². The Morgan fingerprint density at radius 1 is 1.28 bits per heavy atom. The van der Waals surface area contributed by atoms with Crippen molar-refractivity contribution in [1.82, 2.24) is 0 Å². The average Bonchev–Trinajstić information content (AvgIpc) is 3.00. The van der Waals surface area contributed by atoms with Crippen molar-refractivity contribution in [2.24, 2.45) is 23.7 Å². The van der Waals surface area contributed by atoms with Gasteiger partial charge in [0.2, 0.25) is 0 Å². The van der Waals surface area contributed by atoms with Crippen LogP contribution in [-0.4, -0.2) is 22.8 Å². The molecule has 0 bridgehead atoms. The van der Waals surface area contributed by atoms with Crippen LogP contribution >= 0.6 is 0 Å². The first-order valence-corrected chi connectivity index (χ1v) is 12.3. The van der Waals surface area contributed by atoms with Gasteiger partial charge in [0.25, 0.3) is 0 Å². The summed E-state index contributed by atoms with van der Waals surface area (Å²) in [6.45, 7) is 10.6. The fourth-order valence-electron chi connectivity index (χ4n) is 5.92. The first-order chi connectivity index (χ1) is 15.3. The van der Waals surface area contributed by atoms with Gasteiger partial charge in [-0.1, -0.05) is 80.5 Å². The Hall–Kier alpha value is -2.13. The summed E-state index contributed by atoms with van der Waals surface area (Å²) >= 11 is 0. The third-order valence-electron chi connectivity index (χ3n) is 7.69. The Morgan fingerprint density at radius 3 is 2.72 bits per heavy atom. The number of esters is 1. The Balaban J connectivity index is 1.80. The Labute approximate surface area is 194 Å². The van der Waals surface area contributed by atoms with E-state index in [0.29, 0.717) is 12.3 Å². The maximum atomic E-state index is 12.4. The maximum absolute atomic E-state index is 12.4. The van der Waals surface area contributed by atoms with Gasteiger partial charge in [-0.15, -0.1) is 0 Å². The molecule has 0 aromatic rings. The van der Waals surface area contributed by atoms with Gasteiger partial charge in [-0.2, -0.15) is 0 Å². The minimum Gasteiger partial charge on any atom is -0.460 e. The standard InChI is InChI=1S/C29H40O3/c1-6-20(3)18-24(23-14-10-8-11-15-23)16-12-9-13-17-26-25(7-2)21(4)19-29(31)27(26)22(5)32-28(29)30/h6,8-10,12-14,16-17,21-22,25-27,31H,7,11,15,18-19H2,1-5H3/b12-9+,17-13+,20-6-,24-16+/t21-,22+,25?,26-,27-,29-/m0/s1. The van der Waals surface area contributed by atoms with Gasteiger partial charge in [0.1, 0.15) is 6.10 Å². The second-order valence-electron chi connectivity index (χ2n) is 9.82. The Kier molecular flexibility index (Phi) is 8.16. The summed E-state index contributed by atoms with van der Waals surface area (Å²) < 4.78 is 5.49. The zero-order chi connectivity index (χ0) is 23.3. The zero-order valence-corrected chi connectivity index (χ0v) is 20.4. The van der Waals surface area contributed by atoms with E-state index in [0.717, 1.165) is 25.7 Å². The number of cyclic esters (lactones) is 1. The highest BCUT2D eigenvalue weighted by molar-refractivity contribution is 5.82. The monoisotopic (exact) mass is 436 g/mol. The highest BCUT2D eigenvalue weighted by Gasteiger charge is 2.61. The van der Waals surface area contributed by atoms with E-state index in [4.69, 9.17) is 4.74 Å². The van der Waals surface area contributed by atoms with Crippen molar-refractivity contribution < 1.29 is 14.6 Å². The maximum Gasteiger partial charge on any atom is 0.338 e. The second-order valence-corrected chi connectivity index (χ2v) is 9.82. The lowest BCUT2D eigenvalue weighted by Crippen LogP contribution is -2.53. The smallest absolute Gasteiger partial charge is 0.338 e. The molecule has 0 radical (unpaired) electrons. The summed E-state index contributed by atoms with van der Waals surface area (Å²) in [5.41, 5.74) is 2.80. The van der Waals surface area contributed by atoms with E-state index in [1.165, 1.54) is 16.7 Å². The number of carbonyl (C=O) groups excluding carboxylic acids is 1. The molecule has 3 heteroatoms. The average molecular weight is 437 g/mol. The van der Waals surface area contributed by atoms with E-state index in [2.05, 4.69) is 82.4 Å². The van der Waals surface area contributed by atoms with Crippen LogP contribution in [0.1, 0.15) is 66.7 Å². The molecule has 1 unspecified atom stereocenters. The van der Waals surface area contributed by atoms with Crippen molar-refractivity contribution in [3.63, 3.8) is 0 Å².